The van der Waals surface area contributed by atoms with Gasteiger partial charge in [0.15, 0.2) is 10.8 Å². The van der Waals surface area contributed by atoms with Gasteiger partial charge in [0.1, 0.15) is 5.69 Å². The fourth-order valence-electron chi connectivity index (χ4n) is 3.01. The van der Waals surface area contributed by atoms with Crippen molar-refractivity contribution < 1.29 is 9.21 Å². The summed E-state index contributed by atoms with van der Waals surface area (Å²) >= 11 is 1.39. The molecule has 1 aromatic carbocycles. The summed E-state index contributed by atoms with van der Waals surface area (Å²) in [4.78, 5) is 19.1. The molecule has 1 N–H and O–H groups in total. The van der Waals surface area contributed by atoms with Crippen LogP contribution in [0.25, 0.3) is 10.8 Å². The summed E-state index contributed by atoms with van der Waals surface area (Å²) in [6, 6.07) is 11.6. The highest BCUT2D eigenvalue weighted by Crippen LogP contribution is 2.26. The molecule has 6 heteroatoms. The van der Waals surface area contributed by atoms with Crippen molar-refractivity contribution in [1.82, 2.24) is 4.98 Å². The molecule has 3 heterocycles. The van der Waals surface area contributed by atoms with Gasteiger partial charge in [0.2, 0.25) is 0 Å². The Hall–Kier alpha value is -2.60. The molecule has 4 rings (SSSR count). The van der Waals surface area contributed by atoms with Gasteiger partial charge in [-0.25, -0.2) is 4.98 Å². The number of thiazole rings is 1. The molecule has 0 saturated carbocycles. The van der Waals surface area contributed by atoms with E-state index >= 15 is 0 Å². The van der Waals surface area contributed by atoms with Crippen LogP contribution in [-0.2, 0) is 0 Å². The Labute approximate surface area is 150 Å². The van der Waals surface area contributed by atoms with Crippen LogP contribution in [-0.4, -0.2) is 24.0 Å². The number of carbonyl (C=O) groups is 1. The first kappa shape index (κ1) is 15.9. The summed E-state index contributed by atoms with van der Waals surface area (Å²) in [5.41, 5.74) is 2.37. The maximum absolute atomic E-state index is 12.4. The summed E-state index contributed by atoms with van der Waals surface area (Å²) in [6.45, 7) is 4.47. The highest BCUT2D eigenvalue weighted by Gasteiger charge is 2.19. The zero-order chi connectivity index (χ0) is 17.2. The van der Waals surface area contributed by atoms with Crippen molar-refractivity contribution in [3.05, 3.63) is 53.7 Å². The number of furan rings is 1. The third kappa shape index (κ3) is 3.44. The second kappa shape index (κ2) is 6.72. The Balaban J connectivity index is 1.42. The molecule has 0 radical (unpaired) electrons. The Morgan fingerprint density at radius 1 is 1.32 bits per heavy atom. The van der Waals surface area contributed by atoms with Crippen LogP contribution in [0.1, 0.15) is 23.8 Å². The summed E-state index contributed by atoms with van der Waals surface area (Å²) < 4.78 is 5.31. The quantitative estimate of drug-likeness (QED) is 0.750. The lowest BCUT2D eigenvalue weighted by molar-refractivity contribution is 0.102. The van der Waals surface area contributed by atoms with Crippen molar-refractivity contribution in [2.75, 3.05) is 23.3 Å². The van der Waals surface area contributed by atoms with E-state index in [1.807, 2.05) is 18.2 Å². The van der Waals surface area contributed by atoms with Crippen LogP contribution >= 0.6 is 11.3 Å². The molecule has 0 spiro atoms. The van der Waals surface area contributed by atoms with E-state index in [1.165, 1.54) is 23.4 Å². The second-order valence-electron chi connectivity index (χ2n) is 6.36. The van der Waals surface area contributed by atoms with E-state index in [1.54, 1.807) is 17.7 Å². The van der Waals surface area contributed by atoms with Gasteiger partial charge < -0.3 is 14.6 Å². The maximum Gasteiger partial charge on any atom is 0.275 e. The Morgan fingerprint density at radius 3 is 2.84 bits per heavy atom. The molecule has 3 aromatic rings. The maximum atomic E-state index is 12.4. The van der Waals surface area contributed by atoms with E-state index in [9.17, 15) is 4.79 Å². The first-order valence-corrected chi connectivity index (χ1v) is 9.23. The average Bonchev–Trinajstić information content (AvgIpc) is 3.36. The molecule has 1 unspecified atom stereocenters. The first-order chi connectivity index (χ1) is 12.2. The van der Waals surface area contributed by atoms with E-state index in [0.29, 0.717) is 16.5 Å². The second-order valence-corrected chi connectivity index (χ2v) is 7.21. The third-order valence-corrected chi connectivity index (χ3v) is 5.24. The van der Waals surface area contributed by atoms with Gasteiger partial charge in [-0.3, -0.25) is 4.79 Å². The van der Waals surface area contributed by atoms with E-state index in [0.717, 1.165) is 24.7 Å². The molecular formula is C19H19N3O2S. The number of anilines is 2. The fourth-order valence-corrected chi connectivity index (χ4v) is 3.78. The number of nitrogens with zero attached hydrogens (tertiary/aromatic N) is 2. The van der Waals surface area contributed by atoms with Gasteiger partial charge in [0.25, 0.3) is 5.91 Å². The van der Waals surface area contributed by atoms with Crippen molar-refractivity contribution >= 4 is 28.6 Å². The van der Waals surface area contributed by atoms with Crippen LogP contribution in [0.2, 0.25) is 0 Å². The van der Waals surface area contributed by atoms with Gasteiger partial charge in [-0.2, -0.15) is 0 Å². The zero-order valence-electron chi connectivity index (χ0n) is 13.9. The van der Waals surface area contributed by atoms with Crippen LogP contribution in [0.15, 0.2) is 52.5 Å². The van der Waals surface area contributed by atoms with E-state index in [4.69, 9.17) is 4.42 Å². The van der Waals surface area contributed by atoms with E-state index in [-0.39, 0.29) is 5.91 Å². The lowest BCUT2D eigenvalue weighted by atomic mass is 10.2. The number of amides is 1. The lowest BCUT2D eigenvalue weighted by Crippen LogP contribution is -2.19. The third-order valence-electron chi connectivity index (χ3n) is 4.38. The predicted octanol–water partition coefficient (Wildman–Crippen LogP) is 4.50. The molecule has 0 bridgehead atoms. The number of aromatic nitrogens is 1. The summed E-state index contributed by atoms with van der Waals surface area (Å²) in [5.74, 6) is 1.21. The fraction of sp³-hybridized carbons (Fsp3) is 0.263. The van der Waals surface area contributed by atoms with Gasteiger partial charge in [0.05, 0.1) is 6.26 Å². The van der Waals surface area contributed by atoms with Crippen LogP contribution in [0, 0.1) is 5.92 Å². The smallest absolute Gasteiger partial charge is 0.275 e. The average molecular weight is 353 g/mol. The standard InChI is InChI=1S/C19H19N3O2S/c1-13-8-9-22(11-13)15-6-4-14(5-7-15)20-18(23)16-12-25-19(21-16)17-3-2-10-24-17/h2-7,10,12-13H,8-9,11H2,1H3,(H,20,23). The zero-order valence-corrected chi connectivity index (χ0v) is 14.8. The molecule has 0 aliphatic carbocycles. The van der Waals surface area contributed by atoms with E-state index < -0.39 is 0 Å². The molecule has 1 aliphatic heterocycles. The van der Waals surface area contributed by atoms with Crippen LogP contribution in [0.5, 0.6) is 0 Å². The highest BCUT2D eigenvalue weighted by molar-refractivity contribution is 7.13. The van der Waals surface area contributed by atoms with Crippen molar-refractivity contribution in [2.45, 2.75) is 13.3 Å². The Bertz CT molecular complexity index is 855. The minimum Gasteiger partial charge on any atom is -0.462 e. The minimum atomic E-state index is -0.211. The number of hydrogen-bond donors (Lipinski definition) is 1. The molecule has 2 aromatic heterocycles. The highest BCUT2D eigenvalue weighted by atomic mass is 32.1. The molecule has 1 amide bonds. The monoisotopic (exact) mass is 353 g/mol. The van der Waals surface area contributed by atoms with Crippen LogP contribution < -0.4 is 10.2 Å². The number of nitrogens with one attached hydrogen (secondary N) is 1. The molecule has 5 nitrogen and oxygen atoms in total. The summed E-state index contributed by atoms with van der Waals surface area (Å²) in [5, 5.41) is 5.35. The number of benzene rings is 1. The van der Waals surface area contributed by atoms with Crippen molar-refractivity contribution in [3.8, 4) is 10.8 Å². The van der Waals surface area contributed by atoms with Crippen LogP contribution in [0.4, 0.5) is 11.4 Å². The Morgan fingerprint density at radius 2 is 2.16 bits per heavy atom. The van der Waals surface area contributed by atoms with Crippen LogP contribution in [0.3, 0.4) is 0 Å². The SMILES string of the molecule is CC1CCN(c2ccc(NC(=O)c3csc(-c4ccco4)n3)cc2)C1. The molecule has 1 saturated heterocycles. The molecule has 25 heavy (non-hydrogen) atoms. The first-order valence-electron chi connectivity index (χ1n) is 8.35. The van der Waals surface area contributed by atoms with Gasteiger partial charge >= 0.3 is 0 Å². The topological polar surface area (TPSA) is 58.4 Å². The molecule has 128 valence electrons. The summed E-state index contributed by atoms with van der Waals surface area (Å²) in [7, 11) is 0. The van der Waals surface area contributed by atoms with E-state index in [2.05, 4.69) is 34.3 Å². The number of carbonyl (C=O) groups excluding carboxylic acids is 1. The van der Waals surface area contributed by atoms with Crippen molar-refractivity contribution in [3.63, 3.8) is 0 Å². The van der Waals surface area contributed by atoms with Gasteiger partial charge in [-0.15, -0.1) is 11.3 Å². The minimum absolute atomic E-state index is 0.211. The molecule has 1 aliphatic rings. The largest absolute Gasteiger partial charge is 0.462 e. The number of rotatable bonds is 4. The molecular weight excluding hydrogens is 334 g/mol. The van der Waals surface area contributed by atoms with Gasteiger partial charge in [-0.1, -0.05) is 6.92 Å². The summed E-state index contributed by atoms with van der Waals surface area (Å²) in [6.07, 6.45) is 2.83. The molecule has 1 fully saturated rings. The van der Waals surface area contributed by atoms with Gasteiger partial charge in [0, 0.05) is 29.8 Å². The Kier molecular flexibility index (Phi) is 4.28. The lowest BCUT2D eigenvalue weighted by Gasteiger charge is -2.18. The predicted molar refractivity (Wildman–Crippen MR) is 100 cm³/mol. The normalized spacial score (nSPS) is 17.0. The van der Waals surface area contributed by atoms with Crippen molar-refractivity contribution in [1.29, 1.82) is 0 Å². The van der Waals surface area contributed by atoms with Gasteiger partial charge in [-0.05, 0) is 48.7 Å². The number of hydrogen-bond acceptors (Lipinski definition) is 5. The van der Waals surface area contributed by atoms with Crippen molar-refractivity contribution in [2.24, 2.45) is 5.92 Å². The molecule has 1 atom stereocenters.